The summed E-state index contributed by atoms with van der Waals surface area (Å²) >= 11 is 1.43. The number of hydrogen-bond donors (Lipinski definition) is 3. The van der Waals surface area contributed by atoms with Crippen LogP contribution in [0.1, 0.15) is 32.1 Å². The van der Waals surface area contributed by atoms with Gasteiger partial charge in [-0.3, -0.25) is 14.3 Å². The molecule has 172 valence electrons. The topological polar surface area (TPSA) is 130 Å². The fourth-order valence-electron chi connectivity index (χ4n) is 3.35. The van der Waals surface area contributed by atoms with E-state index >= 15 is 0 Å². The average molecular weight is 472 g/mol. The molecule has 0 radical (unpaired) electrons. The van der Waals surface area contributed by atoms with Crippen molar-refractivity contribution >= 4 is 33.1 Å². The number of ether oxygens (including phenoxy) is 1. The van der Waals surface area contributed by atoms with Gasteiger partial charge in [-0.1, -0.05) is 24.3 Å². The molecule has 0 spiro atoms. The van der Waals surface area contributed by atoms with Crippen molar-refractivity contribution in [1.29, 1.82) is 0 Å². The van der Waals surface area contributed by atoms with Gasteiger partial charge in [0.25, 0.3) is 0 Å². The Morgan fingerprint density at radius 2 is 2.19 bits per heavy atom. The number of rotatable bonds is 12. The van der Waals surface area contributed by atoms with E-state index in [-0.39, 0.29) is 37.1 Å². The first-order chi connectivity index (χ1) is 14.7. The second-order valence-electron chi connectivity index (χ2n) is 7.51. The van der Waals surface area contributed by atoms with E-state index in [0.717, 1.165) is 6.26 Å². The fourth-order valence-corrected chi connectivity index (χ4v) is 4.45. The standard InChI is InChI=1S/C21H29NO7S2/c1-31(27,28)22-20(26)8-5-3-2-4-7-16-17(19(25)13-18(16)24)11-10-15(23)14-29-21-9-6-12-30-21/h2,4,6,9-12,15-17,19,23,25H,3,5,7-8,13-14H2,1H3,(H,22,26)/b4-2-,11-10+/t15-,16-,17?,19-/m1/s1. The third kappa shape index (κ3) is 9.34. The van der Waals surface area contributed by atoms with Crippen LogP contribution in [0.2, 0.25) is 0 Å². The summed E-state index contributed by atoms with van der Waals surface area (Å²) in [6.07, 6.45) is 7.90. The van der Waals surface area contributed by atoms with E-state index < -0.39 is 28.1 Å². The Kier molecular flexibility index (Phi) is 9.89. The van der Waals surface area contributed by atoms with Gasteiger partial charge in [0.1, 0.15) is 18.5 Å². The number of ketones is 1. The number of amides is 1. The lowest BCUT2D eigenvalue weighted by Crippen LogP contribution is -2.28. The SMILES string of the molecule is CS(=O)(=O)NC(=O)CCC/C=C\C[C@H]1C(=O)C[C@@H](O)C1/C=C/[C@@H](O)COc1cccs1. The van der Waals surface area contributed by atoms with Gasteiger partial charge in [0.05, 0.1) is 12.4 Å². The lowest BCUT2D eigenvalue weighted by atomic mass is 9.90. The zero-order valence-corrected chi connectivity index (χ0v) is 19.0. The second kappa shape index (κ2) is 12.1. The Hall–Kier alpha value is -2.01. The monoisotopic (exact) mass is 471 g/mol. The minimum absolute atomic E-state index is 0.0244. The molecule has 31 heavy (non-hydrogen) atoms. The van der Waals surface area contributed by atoms with Crippen molar-refractivity contribution in [2.45, 2.75) is 44.3 Å². The highest BCUT2D eigenvalue weighted by atomic mass is 32.2. The molecule has 1 heterocycles. The molecule has 0 saturated heterocycles. The normalized spacial score (nSPS) is 22.9. The summed E-state index contributed by atoms with van der Waals surface area (Å²) < 4.78 is 29.3. The Morgan fingerprint density at radius 1 is 1.42 bits per heavy atom. The molecule has 1 aliphatic carbocycles. The zero-order valence-electron chi connectivity index (χ0n) is 17.3. The van der Waals surface area contributed by atoms with Gasteiger partial charge in [0.2, 0.25) is 15.9 Å². The van der Waals surface area contributed by atoms with Crippen LogP contribution in [0.3, 0.4) is 0 Å². The van der Waals surface area contributed by atoms with Crippen LogP contribution in [0.4, 0.5) is 0 Å². The lowest BCUT2D eigenvalue weighted by molar-refractivity contribution is -0.121. The number of carbonyl (C=O) groups is 2. The summed E-state index contributed by atoms with van der Waals surface area (Å²) in [5.41, 5.74) is 0. The van der Waals surface area contributed by atoms with E-state index in [2.05, 4.69) is 0 Å². The van der Waals surface area contributed by atoms with E-state index in [1.807, 2.05) is 28.3 Å². The summed E-state index contributed by atoms with van der Waals surface area (Å²) in [4.78, 5) is 23.7. The van der Waals surface area contributed by atoms with Crippen molar-refractivity contribution in [2.24, 2.45) is 11.8 Å². The summed E-state index contributed by atoms with van der Waals surface area (Å²) in [7, 11) is -3.54. The van der Waals surface area contributed by atoms with Crippen LogP contribution in [0.15, 0.2) is 41.8 Å². The molecule has 2 rings (SSSR count). The largest absolute Gasteiger partial charge is 0.481 e. The van der Waals surface area contributed by atoms with Gasteiger partial charge < -0.3 is 14.9 Å². The smallest absolute Gasteiger partial charge is 0.233 e. The van der Waals surface area contributed by atoms with Crippen LogP contribution in [0, 0.1) is 11.8 Å². The predicted molar refractivity (Wildman–Crippen MR) is 118 cm³/mol. The highest BCUT2D eigenvalue weighted by Gasteiger charge is 2.39. The number of sulfonamides is 1. The maximum absolute atomic E-state index is 12.2. The highest BCUT2D eigenvalue weighted by Crippen LogP contribution is 2.33. The van der Waals surface area contributed by atoms with E-state index in [1.165, 1.54) is 11.3 Å². The molecule has 1 aromatic rings. The van der Waals surface area contributed by atoms with Crippen LogP contribution >= 0.6 is 11.3 Å². The first-order valence-corrected chi connectivity index (χ1v) is 12.8. The molecule has 1 saturated carbocycles. The summed E-state index contributed by atoms with van der Waals surface area (Å²) in [6, 6.07) is 3.66. The average Bonchev–Trinajstić information content (AvgIpc) is 3.27. The molecule has 1 aliphatic rings. The molecule has 0 aliphatic heterocycles. The van der Waals surface area contributed by atoms with Crippen molar-refractivity contribution in [3.05, 3.63) is 41.8 Å². The minimum Gasteiger partial charge on any atom is -0.481 e. The Bertz CT molecular complexity index is 878. The first kappa shape index (κ1) is 25.3. The van der Waals surface area contributed by atoms with E-state index in [4.69, 9.17) is 4.74 Å². The van der Waals surface area contributed by atoms with Crippen molar-refractivity contribution < 1.29 is 33.0 Å². The van der Waals surface area contributed by atoms with Crippen LogP contribution in [0.25, 0.3) is 0 Å². The van der Waals surface area contributed by atoms with Crippen LogP contribution in [-0.2, 0) is 19.6 Å². The number of aliphatic hydroxyl groups excluding tert-OH is 2. The lowest BCUT2D eigenvalue weighted by Gasteiger charge is -2.16. The third-order valence-electron chi connectivity index (χ3n) is 4.81. The van der Waals surface area contributed by atoms with Crippen molar-refractivity contribution in [1.82, 2.24) is 4.72 Å². The molecule has 0 bridgehead atoms. The molecule has 1 fully saturated rings. The number of unbranched alkanes of at least 4 members (excludes halogenated alkanes) is 1. The number of allylic oxidation sites excluding steroid dienone is 2. The molecular formula is C21H29NO7S2. The van der Waals surface area contributed by atoms with Gasteiger partial charge in [0, 0.05) is 24.7 Å². The molecule has 4 atom stereocenters. The van der Waals surface area contributed by atoms with Gasteiger partial charge in [-0.05, 0) is 36.8 Å². The molecule has 1 amide bonds. The summed E-state index contributed by atoms with van der Waals surface area (Å²) in [5.74, 6) is -1.32. The van der Waals surface area contributed by atoms with Gasteiger partial charge >= 0.3 is 0 Å². The van der Waals surface area contributed by atoms with Crippen molar-refractivity contribution in [2.75, 3.05) is 12.9 Å². The molecular weight excluding hydrogens is 442 g/mol. The molecule has 10 heteroatoms. The quantitative estimate of drug-likeness (QED) is 0.313. The van der Waals surface area contributed by atoms with Gasteiger partial charge in [0.15, 0.2) is 5.06 Å². The van der Waals surface area contributed by atoms with Gasteiger partial charge in [-0.2, -0.15) is 0 Å². The molecule has 1 aromatic heterocycles. The number of Topliss-reactive ketones (excluding diaryl/α,β-unsaturated/α-hetero) is 1. The van der Waals surface area contributed by atoms with Crippen LogP contribution in [0.5, 0.6) is 5.06 Å². The first-order valence-electron chi connectivity index (χ1n) is 10.0. The molecule has 1 unspecified atom stereocenters. The summed E-state index contributed by atoms with van der Waals surface area (Å²) in [6.45, 7) is 0.0885. The van der Waals surface area contributed by atoms with Crippen molar-refractivity contribution in [3.8, 4) is 5.06 Å². The van der Waals surface area contributed by atoms with Gasteiger partial charge in [-0.15, -0.1) is 11.3 Å². The Morgan fingerprint density at radius 3 is 2.87 bits per heavy atom. The molecule has 8 nitrogen and oxygen atoms in total. The third-order valence-corrected chi connectivity index (χ3v) is 6.19. The van der Waals surface area contributed by atoms with E-state index in [9.17, 15) is 28.2 Å². The van der Waals surface area contributed by atoms with Crippen molar-refractivity contribution in [3.63, 3.8) is 0 Å². The highest BCUT2D eigenvalue weighted by molar-refractivity contribution is 7.89. The van der Waals surface area contributed by atoms with E-state index in [0.29, 0.717) is 24.3 Å². The molecule has 0 aromatic carbocycles. The van der Waals surface area contributed by atoms with Gasteiger partial charge in [-0.25, -0.2) is 8.42 Å². The molecule has 3 N–H and O–H groups in total. The number of aliphatic hydroxyl groups is 2. The number of nitrogens with one attached hydrogen (secondary N) is 1. The summed E-state index contributed by atoms with van der Waals surface area (Å²) in [5, 5.41) is 22.9. The van der Waals surface area contributed by atoms with E-state index in [1.54, 1.807) is 18.2 Å². The fraction of sp³-hybridized carbons (Fsp3) is 0.524. The van der Waals surface area contributed by atoms with Crippen LogP contribution < -0.4 is 9.46 Å². The number of carbonyl (C=O) groups excluding carboxylic acids is 2. The maximum atomic E-state index is 12.2. The maximum Gasteiger partial charge on any atom is 0.233 e. The zero-order chi connectivity index (χ0) is 22.9. The number of hydrogen-bond acceptors (Lipinski definition) is 8. The second-order valence-corrected chi connectivity index (χ2v) is 10.2. The number of thiophene rings is 1. The Balaban J connectivity index is 1.77. The van der Waals surface area contributed by atoms with Crippen LogP contribution in [-0.4, -0.2) is 55.4 Å². The minimum atomic E-state index is -3.54. The Labute approximate surface area is 186 Å². The predicted octanol–water partition coefficient (Wildman–Crippen LogP) is 1.80.